The van der Waals surface area contributed by atoms with Gasteiger partial charge in [0.25, 0.3) is 10.1 Å². The first kappa shape index (κ1) is 50.1. The van der Waals surface area contributed by atoms with E-state index in [1.807, 2.05) is 0 Å². The molecule has 0 aromatic heterocycles. The molecule has 0 spiro atoms. The molecule has 1 rings (SSSR count). The van der Waals surface area contributed by atoms with Crippen molar-refractivity contribution in [2.45, 2.75) is 205 Å². The lowest BCUT2D eigenvalue weighted by Gasteiger charge is -2.40. The lowest BCUT2D eigenvalue weighted by Crippen LogP contribution is -2.60. The number of allylic oxidation sites excluding steroid dienone is 4. The Morgan fingerprint density at radius 1 is 0.611 bits per heavy atom. The third-order valence-corrected chi connectivity index (χ3v) is 10.3. The molecule has 13 heteroatoms. The van der Waals surface area contributed by atoms with Gasteiger partial charge in [-0.2, -0.15) is 8.42 Å². The number of hydrogen-bond donors (Lipinski definition) is 4. The number of carbonyl (C=O) groups is 2. The highest BCUT2D eigenvalue weighted by Gasteiger charge is 2.46. The van der Waals surface area contributed by atoms with E-state index in [2.05, 4.69) is 38.2 Å². The minimum Gasteiger partial charge on any atom is -0.462 e. The number of rotatable bonds is 34. The molecular weight excluding hydrogens is 717 g/mol. The van der Waals surface area contributed by atoms with Gasteiger partial charge in [0.15, 0.2) is 12.4 Å². The highest BCUT2D eigenvalue weighted by atomic mass is 32.2. The maximum atomic E-state index is 12.7. The lowest BCUT2D eigenvalue weighted by molar-refractivity contribution is -0.297. The molecule has 1 saturated heterocycles. The van der Waals surface area contributed by atoms with Crippen molar-refractivity contribution in [3.8, 4) is 0 Å². The van der Waals surface area contributed by atoms with E-state index in [4.69, 9.17) is 18.9 Å². The predicted molar refractivity (Wildman–Crippen MR) is 210 cm³/mol. The van der Waals surface area contributed by atoms with Crippen LogP contribution in [0.25, 0.3) is 0 Å². The van der Waals surface area contributed by atoms with Crippen LogP contribution in [-0.2, 0) is 38.7 Å². The van der Waals surface area contributed by atoms with Crippen LogP contribution in [0.2, 0.25) is 0 Å². The Bertz CT molecular complexity index is 1110. The highest BCUT2D eigenvalue weighted by Crippen LogP contribution is 2.24. The van der Waals surface area contributed by atoms with Crippen molar-refractivity contribution < 1.29 is 56.8 Å². The van der Waals surface area contributed by atoms with E-state index in [1.165, 1.54) is 51.4 Å². The van der Waals surface area contributed by atoms with Crippen LogP contribution < -0.4 is 0 Å². The van der Waals surface area contributed by atoms with Crippen LogP contribution in [-0.4, -0.2) is 96.0 Å². The van der Waals surface area contributed by atoms with Crippen molar-refractivity contribution >= 4 is 22.1 Å². The fourth-order valence-electron chi connectivity index (χ4n) is 6.19. The summed E-state index contributed by atoms with van der Waals surface area (Å²) in [6.45, 7) is 3.69. The summed E-state index contributed by atoms with van der Waals surface area (Å²) in [5.74, 6) is -2.00. The molecule has 4 N–H and O–H groups in total. The van der Waals surface area contributed by atoms with Crippen LogP contribution >= 0.6 is 0 Å². The van der Waals surface area contributed by atoms with Crippen molar-refractivity contribution in [1.29, 1.82) is 0 Å². The molecule has 1 heterocycles. The molecule has 0 bridgehead atoms. The first-order chi connectivity index (χ1) is 26.0. The number of esters is 2. The molecule has 0 radical (unpaired) electrons. The average molecular weight is 791 g/mol. The molecule has 0 saturated carbocycles. The van der Waals surface area contributed by atoms with E-state index in [0.29, 0.717) is 12.8 Å². The fraction of sp³-hybridized carbons (Fsp3) is 0.854. The fourth-order valence-corrected chi connectivity index (χ4v) is 6.88. The third-order valence-electron chi connectivity index (χ3n) is 9.50. The summed E-state index contributed by atoms with van der Waals surface area (Å²) >= 11 is 0. The van der Waals surface area contributed by atoms with Crippen LogP contribution in [0.1, 0.15) is 168 Å². The van der Waals surface area contributed by atoms with Crippen molar-refractivity contribution in [3.05, 3.63) is 24.3 Å². The van der Waals surface area contributed by atoms with Gasteiger partial charge in [-0.25, -0.2) is 0 Å². The maximum Gasteiger partial charge on any atom is 0.306 e. The molecule has 12 nitrogen and oxygen atoms in total. The van der Waals surface area contributed by atoms with Crippen molar-refractivity contribution in [3.63, 3.8) is 0 Å². The molecule has 6 atom stereocenters. The first-order valence-corrected chi connectivity index (χ1v) is 22.5. The summed E-state index contributed by atoms with van der Waals surface area (Å²) in [7, 11) is -4.60. The molecule has 0 aromatic carbocycles. The lowest BCUT2D eigenvalue weighted by atomic mass is 10.00. The normalized spacial score (nSPS) is 21.2. The number of aliphatic hydroxyl groups is 3. The van der Waals surface area contributed by atoms with Gasteiger partial charge in [-0.05, 0) is 64.2 Å². The smallest absolute Gasteiger partial charge is 0.306 e. The van der Waals surface area contributed by atoms with Gasteiger partial charge in [-0.3, -0.25) is 14.1 Å². The van der Waals surface area contributed by atoms with Gasteiger partial charge in [-0.15, -0.1) is 0 Å². The number of aliphatic hydroxyl groups excluding tert-OH is 3. The quantitative estimate of drug-likeness (QED) is 0.0216. The monoisotopic (exact) mass is 790 g/mol. The Hall–Kier alpha value is -1.87. The second kappa shape index (κ2) is 32.2. The SMILES string of the molecule is CCCCCC/C=C\CCCCCCCC(=O)OCC(COC1OC(CS(=O)(=O)O)C(O)C(O)C1O)OC(=O)CCCCCCC/C=C\CCCCCC. The molecule has 1 aliphatic rings. The van der Waals surface area contributed by atoms with E-state index in [0.717, 1.165) is 77.0 Å². The standard InChI is InChI=1S/C41H74O12S/c1-3-5-7-9-11-13-15-17-19-21-23-25-27-29-36(42)50-31-34(32-51-41-40(46)39(45)38(44)35(53-41)33-54(47,48)49)52-37(43)30-28-26-24-22-20-18-16-14-12-10-8-6-4-2/h13-16,34-35,38-41,44-46H,3-12,17-33H2,1-2H3,(H,47,48,49)/b15-13-,16-14-. The summed E-state index contributed by atoms with van der Waals surface area (Å²) in [5.41, 5.74) is 0. The molecule has 54 heavy (non-hydrogen) atoms. The third kappa shape index (κ3) is 26.9. The number of carbonyl (C=O) groups excluding carboxylic acids is 2. The highest BCUT2D eigenvalue weighted by molar-refractivity contribution is 7.85. The molecule has 0 aliphatic carbocycles. The number of hydrogen-bond acceptors (Lipinski definition) is 11. The second-order valence-electron chi connectivity index (χ2n) is 14.6. The van der Waals surface area contributed by atoms with E-state index in [-0.39, 0.29) is 19.4 Å². The van der Waals surface area contributed by atoms with Crippen molar-refractivity contribution in [1.82, 2.24) is 0 Å². The Morgan fingerprint density at radius 2 is 1.06 bits per heavy atom. The van der Waals surface area contributed by atoms with Gasteiger partial charge in [0.1, 0.15) is 36.8 Å². The summed E-state index contributed by atoms with van der Waals surface area (Å²) in [5, 5.41) is 30.8. The largest absolute Gasteiger partial charge is 0.462 e. The minimum absolute atomic E-state index is 0.154. The predicted octanol–water partition coefficient (Wildman–Crippen LogP) is 7.67. The zero-order valence-electron chi connectivity index (χ0n) is 33.3. The van der Waals surface area contributed by atoms with Gasteiger partial charge in [0, 0.05) is 12.8 Å². The van der Waals surface area contributed by atoms with Crippen molar-refractivity contribution in [2.75, 3.05) is 19.0 Å². The van der Waals surface area contributed by atoms with Gasteiger partial charge in [0.05, 0.1) is 6.61 Å². The van der Waals surface area contributed by atoms with Crippen LogP contribution in [0, 0.1) is 0 Å². The van der Waals surface area contributed by atoms with Crippen LogP contribution in [0.15, 0.2) is 24.3 Å². The van der Waals surface area contributed by atoms with E-state index in [9.17, 15) is 37.9 Å². The zero-order chi connectivity index (χ0) is 39.9. The first-order valence-electron chi connectivity index (χ1n) is 20.9. The van der Waals surface area contributed by atoms with Gasteiger partial charge >= 0.3 is 11.9 Å². The molecule has 1 aliphatic heterocycles. The molecule has 1 fully saturated rings. The molecule has 0 amide bonds. The van der Waals surface area contributed by atoms with Crippen LogP contribution in [0.5, 0.6) is 0 Å². The van der Waals surface area contributed by atoms with E-state index >= 15 is 0 Å². The number of ether oxygens (including phenoxy) is 4. The zero-order valence-corrected chi connectivity index (χ0v) is 34.1. The van der Waals surface area contributed by atoms with Crippen LogP contribution in [0.3, 0.4) is 0 Å². The Balaban J connectivity index is 2.51. The Kier molecular flexibility index (Phi) is 29.9. The Labute approximate surface area is 326 Å². The molecule has 316 valence electrons. The molecular formula is C41H74O12S. The topological polar surface area (TPSA) is 186 Å². The summed E-state index contributed by atoms with van der Waals surface area (Å²) < 4.78 is 53.9. The molecule has 6 unspecified atom stereocenters. The van der Waals surface area contributed by atoms with Crippen LogP contribution in [0.4, 0.5) is 0 Å². The summed E-state index contributed by atoms with van der Waals surface area (Å²) in [6.07, 6.45) is 23.7. The van der Waals surface area contributed by atoms with Gasteiger partial charge < -0.3 is 34.3 Å². The van der Waals surface area contributed by atoms with E-state index < -0.39 is 71.2 Å². The average Bonchev–Trinajstić information content (AvgIpc) is 3.13. The summed E-state index contributed by atoms with van der Waals surface area (Å²) in [4.78, 5) is 25.3. The number of unbranched alkanes of at least 4 members (excludes halogenated alkanes) is 18. The summed E-state index contributed by atoms with van der Waals surface area (Å²) in [6, 6.07) is 0. The van der Waals surface area contributed by atoms with Gasteiger partial charge in [-0.1, -0.05) is 115 Å². The maximum absolute atomic E-state index is 12.7. The van der Waals surface area contributed by atoms with Crippen molar-refractivity contribution in [2.24, 2.45) is 0 Å². The minimum atomic E-state index is -4.60. The van der Waals surface area contributed by atoms with Gasteiger partial charge in [0.2, 0.25) is 0 Å². The van der Waals surface area contributed by atoms with E-state index in [1.54, 1.807) is 0 Å². The second-order valence-corrected chi connectivity index (χ2v) is 16.1. The Morgan fingerprint density at radius 3 is 1.54 bits per heavy atom. The molecule has 0 aromatic rings.